The third-order valence-corrected chi connectivity index (χ3v) is 19.1. The summed E-state index contributed by atoms with van der Waals surface area (Å²) in [6, 6.07) is 0. The smallest absolute Gasteiger partial charge is 0.462 e. The molecule has 2 unspecified atom stereocenters. The molecule has 0 saturated carbocycles. The fourth-order valence-corrected chi connectivity index (χ4v) is 12.9. The van der Waals surface area contributed by atoms with Crippen LogP contribution < -0.4 is 0 Å². The Morgan fingerprint density at radius 2 is 0.495 bits per heavy atom. The maximum Gasteiger partial charge on any atom is 0.472 e. The summed E-state index contributed by atoms with van der Waals surface area (Å²) in [5, 5.41) is 10.6. The van der Waals surface area contributed by atoms with Gasteiger partial charge in [-0.2, -0.15) is 0 Å². The van der Waals surface area contributed by atoms with Gasteiger partial charge in [0.25, 0.3) is 0 Å². The summed E-state index contributed by atoms with van der Waals surface area (Å²) in [5.41, 5.74) is 0. The van der Waals surface area contributed by atoms with Crippen molar-refractivity contribution >= 4 is 39.5 Å². The van der Waals surface area contributed by atoms with Gasteiger partial charge in [-0.3, -0.25) is 37.3 Å². The molecule has 0 aliphatic rings. The normalized spacial score (nSPS) is 14.1. The highest BCUT2D eigenvalue weighted by molar-refractivity contribution is 7.47. The number of carbonyl (C=O) groups is 4. The molecule has 552 valence electrons. The van der Waals surface area contributed by atoms with Gasteiger partial charge in [0.05, 0.1) is 26.4 Å². The Labute approximate surface area is 568 Å². The average molecular weight is 1370 g/mol. The summed E-state index contributed by atoms with van der Waals surface area (Å²) >= 11 is 0. The molecule has 0 aromatic heterocycles. The highest BCUT2D eigenvalue weighted by Gasteiger charge is 2.30. The number of esters is 4. The van der Waals surface area contributed by atoms with Crippen LogP contribution in [0.1, 0.15) is 382 Å². The molecule has 93 heavy (non-hydrogen) atoms. The van der Waals surface area contributed by atoms with Crippen LogP contribution in [0.2, 0.25) is 0 Å². The molecule has 17 nitrogen and oxygen atoms in total. The number of unbranched alkanes of at least 4 members (excludes halogenated alkanes) is 43. The number of aliphatic hydroxyl groups is 1. The van der Waals surface area contributed by atoms with E-state index < -0.39 is 97.5 Å². The van der Waals surface area contributed by atoms with Gasteiger partial charge in [0, 0.05) is 25.7 Å². The zero-order chi connectivity index (χ0) is 68.6. The van der Waals surface area contributed by atoms with Crippen LogP contribution in [0.5, 0.6) is 0 Å². The fraction of sp³-hybridized carbons (Fsp3) is 0.946. The summed E-state index contributed by atoms with van der Waals surface area (Å²) in [6.45, 7) is 9.56. The van der Waals surface area contributed by atoms with Gasteiger partial charge >= 0.3 is 39.5 Å². The van der Waals surface area contributed by atoms with Crippen molar-refractivity contribution in [1.29, 1.82) is 0 Å². The van der Waals surface area contributed by atoms with E-state index in [2.05, 4.69) is 41.5 Å². The Hall–Kier alpha value is -1.94. The maximum atomic E-state index is 13.1. The van der Waals surface area contributed by atoms with Crippen molar-refractivity contribution in [3.8, 4) is 0 Å². The minimum atomic E-state index is -4.95. The molecular weight excluding hydrogens is 1220 g/mol. The van der Waals surface area contributed by atoms with Crippen LogP contribution in [0.4, 0.5) is 0 Å². The van der Waals surface area contributed by atoms with E-state index in [0.29, 0.717) is 25.7 Å². The van der Waals surface area contributed by atoms with E-state index >= 15 is 0 Å². The monoisotopic (exact) mass is 1370 g/mol. The molecule has 0 amide bonds. The molecular formula is C74H144O17P2. The molecule has 0 aliphatic heterocycles. The number of carbonyl (C=O) groups excluding carboxylic acids is 4. The first-order valence-electron chi connectivity index (χ1n) is 38.5. The zero-order valence-electron chi connectivity index (χ0n) is 60.6. The number of phosphoric ester groups is 2. The Morgan fingerprint density at radius 1 is 0.290 bits per heavy atom. The largest absolute Gasteiger partial charge is 0.472 e. The number of aliphatic hydroxyl groups excluding tert-OH is 1. The van der Waals surface area contributed by atoms with Crippen molar-refractivity contribution in [2.75, 3.05) is 39.6 Å². The number of phosphoric acid groups is 2. The summed E-state index contributed by atoms with van der Waals surface area (Å²) in [5.74, 6) is -0.567. The van der Waals surface area contributed by atoms with Gasteiger partial charge in [0.2, 0.25) is 0 Å². The SMILES string of the molecule is CCCCCCCCCCCCCCCCCC(=O)OC[C@H](COP(=O)(O)OC[C@@H](O)COP(=O)(O)OC[C@@H](COC(=O)CCCCCCCCC)OC(=O)CCCCCCCCCCCCC(C)C)OC(=O)CCCCCCCCCCCCCCCCCC(C)C. The lowest BCUT2D eigenvalue weighted by molar-refractivity contribution is -0.161. The topological polar surface area (TPSA) is 237 Å². The third-order valence-electron chi connectivity index (χ3n) is 17.2. The van der Waals surface area contributed by atoms with Crippen LogP contribution in [-0.2, 0) is 65.4 Å². The van der Waals surface area contributed by atoms with E-state index in [9.17, 15) is 43.2 Å². The minimum absolute atomic E-state index is 0.106. The Morgan fingerprint density at radius 3 is 0.731 bits per heavy atom. The molecule has 0 fully saturated rings. The second kappa shape index (κ2) is 66.0. The molecule has 0 heterocycles. The zero-order valence-corrected chi connectivity index (χ0v) is 62.3. The number of hydrogen-bond acceptors (Lipinski definition) is 15. The molecule has 3 N–H and O–H groups in total. The van der Waals surface area contributed by atoms with E-state index in [1.165, 1.54) is 186 Å². The molecule has 0 radical (unpaired) electrons. The van der Waals surface area contributed by atoms with Gasteiger partial charge in [0.1, 0.15) is 19.3 Å². The van der Waals surface area contributed by atoms with Crippen LogP contribution in [0.15, 0.2) is 0 Å². The predicted molar refractivity (Wildman–Crippen MR) is 377 cm³/mol. The number of ether oxygens (including phenoxy) is 4. The highest BCUT2D eigenvalue weighted by Crippen LogP contribution is 2.45. The quantitative estimate of drug-likeness (QED) is 0.0222. The molecule has 19 heteroatoms. The Balaban J connectivity index is 5.20. The molecule has 0 aliphatic carbocycles. The third kappa shape index (κ3) is 68.4. The maximum absolute atomic E-state index is 13.1. The first-order chi connectivity index (χ1) is 44.9. The van der Waals surface area contributed by atoms with Crippen molar-refractivity contribution < 1.29 is 80.2 Å². The minimum Gasteiger partial charge on any atom is -0.462 e. The summed E-state index contributed by atoms with van der Waals surface area (Å²) in [4.78, 5) is 72.6. The van der Waals surface area contributed by atoms with Crippen LogP contribution in [0.3, 0.4) is 0 Å². The molecule has 5 atom stereocenters. The van der Waals surface area contributed by atoms with E-state index in [-0.39, 0.29) is 25.7 Å². The number of hydrogen-bond donors (Lipinski definition) is 3. The lowest BCUT2D eigenvalue weighted by Gasteiger charge is -2.21. The van der Waals surface area contributed by atoms with Gasteiger partial charge < -0.3 is 33.8 Å². The lowest BCUT2D eigenvalue weighted by atomic mass is 10.0. The molecule has 0 rings (SSSR count). The predicted octanol–water partition coefficient (Wildman–Crippen LogP) is 21.6. The average Bonchev–Trinajstić information content (AvgIpc) is 3.00. The molecule has 0 aromatic carbocycles. The highest BCUT2D eigenvalue weighted by atomic mass is 31.2. The Bertz CT molecular complexity index is 1800. The van der Waals surface area contributed by atoms with Crippen LogP contribution in [0.25, 0.3) is 0 Å². The molecule has 0 aromatic rings. The lowest BCUT2D eigenvalue weighted by Crippen LogP contribution is -2.30. The van der Waals surface area contributed by atoms with Gasteiger partial charge in [-0.25, -0.2) is 9.13 Å². The van der Waals surface area contributed by atoms with E-state index in [1.54, 1.807) is 0 Å². The second-order valence-electron chi connectivity index (χ2n) is 27.6. The first kappa shape index (κ1) is 91.1. The van der Waals surface area contributed by atoms with E-state index in [0.717, 1.165) is 115 Å². The molecule has 0 saturated heterocycles. The molecule has 0 spiro atoms. The van der Waals surface area contributed by atoms with Crippen LogP contribution >= 0.6 is 15.6 Å². The van der Waals surface area contributed by atoms with E-state index in [4.69, 9.17) is 37.0 Å². The molecule has 0 bridgehead atoms. The van der Waals surface area contributed by atoms with Crippen molar-refractivity contribution in [2.45, 2.75) is 400 Å². The van der Waals surface area contributed by atoms with Gasteiger partial charge in [-0.1, -0.05) is 330 Å². The van der Waals surface area contributed by atoms with Crippen LogP contribution in [-0.4, -0.2) is 96.7 Å². The van der Waals surface area contributed by atoms with Crippen molar-refractivity contribution in [1.82, 2.24) is 0 Å². The van der Waals surface area contributed by atoms with Crippen molar-refractivity contribution in [3.05, 3.63) is 0 Å². The number of rotatable bonds is 73. The first-order valence-corrected chi connectivity index (χ1v) is 41.5. The van der Waals surface area contributed by atoms with Gasteiger partial charge in [-0.05, 0) is 37.5 Å². The van der Waals surface area contributed by atoms with Gasteiger partial charge in [0.15, 0.2) is 12.2 Å². The van der Waals surface area contributed by atoms with Crippen molar-refractivity contribution in [3.63, 3.8) is 0 Å². The standard InChI is InChI=1S/C74H144O17P2/c1-7-9-11-13-15-16-17-18-20-24-27-33-39-45-51-57-72(77)85-63-70(91-73(78)58-52-46-40-34-28-25-22-19-21-23-26-31-37-42-48-54-66(3)4)65-89-93(82,83)87-61-68(75)60-86-92(80,81)88-64-69(62-84-71(76)56-50-44-36-14-12-10-8-2)90-74(79)59-53-47-41-35-30-29-32-38-43-49-55-67(5)6/h66-70,75H,7-65H2,1-6H3,(H,80,81)(H,82,83)/t68-,69+,70+/m0/s1. The summed E-state index contributed by atoms with van der Waals surface area (Å²) in [7, 11) is -9.90. The summed E-state index contributed by atoms with van der Waals surface area (Å²) in [6.07, 6.45) is 52.8. The fourth-order valence-electron chi connectivity index (χ4n) is 11.3. The van der Waals surface area contributed by atoms with Gasteiger partial charge in [-0.15, -0.1) is 0 Å². The van der Waals surface area contributed by atoms with Crippen molar-refractivity contribution in [2.24, 2.45) is 11.8 Å². The summed E-state index contributed by atoms with van der Waals surface area (Å²) < 4.78 is 68.4. The van der Waals surface area contributed by atoms with Crippen LogP contribution in [0, 0.1) is 11.8 Å². The van der Waals surface area contributed by atoms with E-state index in [1.807, 2.05) is 0 Å². The Kier molecular flexibility index (Phi) is 64.6. The second-order valence-corrected chi connectivity index (χ2v) is 30.5.